The van der Waals surface area contributed by atoms with Crippen molar-refractivity contribution in [2.24, 2.45) is 0 Å². The second-order valence-corrected chi connectivity index (χ2v) is 8.77. The molecule has 0 saturated heterocycles. The summed E-state index contributed by atoms with van der Waals surface area (Å²) in [6.07, 6.45) is 0.667. The maximum atomic E-state index is 13.4. The zero-order valence-electron chi connectivity index (χ0n) is 20.2. The molecule has 0 saturated carbocycles. The summed E-state index contributed by atoms with van der Waals surface area (Å²) in [5.74, 6) is 2.20. The first kappa shape index (κ1) is 22.7. The molecule has 9 nitrogen and oxygen atoms in total. The van der Waals surface area contributed by atoms with Crippen molar-refractivity contribution < 1.29 is 19.0 Å². The third-order valence-electron chi connectivity index (χ3n) is 6.45. The van der Waals surface area contributed by atoms with Gasteiger partial charge in [0, 0.05) is 6.54 Å². The lowest BCUT2D eigenvalue weighted by Crippen LogP contribution is -2.26. The van der Waals surface area contributed by atoms with Gasteiger partial charge in [-0.3, -0.25) is 4.79 Å². The molecule has 0 bridgehead atoms. The number of hydrogen-bond donors (Lipinski definition) is 2. The Bertz CT molecular complexity index is 1630. The summed E-state index contributed by atoms with van der Waals surface area (Å²) in [5.41, 5.74) is 11.4. The molecule has 1 aliphatic heterocycles. The van der Waals surface area contributed by atoms with Crippen LogP contribution in [0.15, 0.2) is 66.7 Å². The second-order valence-electron chi connectivity index (χ2n) is 8.77. The van der Waals surface area contributed by atoms with Gasteiger partial charge in [-0.2, -0.15) is 0 Å². The van der Waals surface area contributed by atoms with Gasteiger partial charge < -0.3 is 29.8 Å². The average Bonchev–Trinajstić information content (AvgIpc) is 3.49. The molecular weight excluding hydrogens is 470 g/mol. The van der Waals surface area contributed by atoms with Gasteiger partial charge >= 0.3 is 0 Å². The molecule has 37 heavy (non-hydrogen) atoms. The fraction of sp³-hybridized carbons (Fsp3) is 0.179. The van der Waals surface area contributed by atoms with E-state index in [1.54, 1.807) is 7.11 Å². The van der Waals surface area contributed by atoms with Crippen molar-refractivity contribution in [2.75, 3.05) is 26.2 Å². The van der Waals surface area contributed by atoms with Crippen molar-refractivity contribution in [1.82, 2.24) is 19.9 Å². The van der Waals surface area contributed by atoms with Gasteiger partial charge in [0.05, 0.1) is 24.7 Å². The molecule has 0 radical (unpaired) electrons. The number of rotatable bonds is 7. The first-order valence-electron chi connectivity index (χ1n) is 11.9. The highest BCUT2D eigenvalue weighted by Crippen LogP contribution is 2.34. The van der Waals surface area contributed by atoms with E-state index in [1.807, 2.05) is 71.3 Å². The molecule has 0 unspecified atom stereocenters. The highest BCUT2D eigenvalue weighted by atomic mass is 16.7. The number of para-hydroxylation sites is 2. The van der Waals surface area contributed by atoms with E-state index < -0.39 is 0 Å². The summed E-state index contributed by atoms with van der Waals surface area (Å²) in [6, 6.07) is 21.1. The number of aromatic nitrogens is 3. The molecule has 3 aromatic carbocycles. The Balaban J connectivity index is 1.33. The highest BCUT2D eigenvalue weighted by molar-refractivity contribution is 6.10. The Morgan fingerprint density at radius 1 is 1.00 bits per heavy atom. The summed E-state index contributed by atoms with van der Waals surface area (Å²) in [7, 11) is 1.63. The largest absolute Gasteiger partial charge is 0.497 e. The third kappa shape index (κ3) is 4.24. The molecule has 5 aromatic rings. The minimum atomic E-state index is -0.287. The van der Waals surface area contributed by atoms with Crippen LogP contribution in [0.3, 0.4) is 0 Å². The van der Waals surface area contributed by atoms with E-state index >= 15 is 0 Å². The van der Waals surface area contributed by atoms with Gasteiger partial charge in [0.2, 0.25) is 6.79 Å². The zero-order valence-corrected chi connectivity index (χ0v) is 20.2. The van der Waals surface area contributed by atoms with Gasteiger partial charge in [-0.25, -0.2) is 9.97 Å². The van der Waals surface area contributed by atoms with E-state index in [0.717, 1.165) is 22.4 Å². The number of nitrogens with zero attached hydrogens (tertiary/aromatic N) is 3. The van der Waals surface area contributed by atoms with Crippen LogP contribution in [0.4, 0.5) is 5.82 Å². The zero-order chi connectivity index (χ0) is 25.4. The van der Waals surface area contributed by atoms with Crippen LogP contribution in [0.1, 0.15) is 21.5 Å². The van der Waals surface area contributed by atoms with E-state index in [-0.39, 0.29) is 12.7 Å². The van der Waals surface area contributed by atoms with Crippen molar-refractivity contribution >= 4 is 33.9 Å². The number of ether oxygens (including phenoxy) is 3. The molecule has 186 valence electrons. The van der Waals surface area contributed by atoms with Crippen molar-refractivity contribution in [3.63, 3.8) is 0 Å². The Morgan fingerprint density at radius 2 is 1.73 bits per heavy atom. The number of hydrogen-bond acceptors (Lipinski definition) is 7. The monoisotopic (exact) mass is 495 g/mol. The molecular formula is C28H25N5O4. The molecule has 0 fully saturated rings. The van der Waals surface area contributed by atoms with Crippen LogP contribution in [0, 0.1) is 0 Å². The number of nitrogens with two attached hydrogens (primary N) is 1. The lowest BCUT2D eigenvalue weighted by molar-refractivity contribution is 0.0956. The van der Waals surface area contributed by atoms with Crippen LogP contribution in [0.25, 0.3) is 22.2 Å². The fourth-order valence-corrected chi connectivity index (χ4v) is 4.52. The summed E-state index contributed by atoms with van der Waals surface area (Å²) in [6.45, 7) is 1.04. The number of fused-ring (bicyclic) bond motifs is 3. The number of benzene rings is 3. The number of nitrogens with one attached hydrogen (secondary N) is 1. The summed E-state index contributed by atoms with van der Waals surface area (Å²) < 4.78 is 18.0. The van der Waals surface area contributed by atoms with Gasteiger partial charge in [-0.15, -0.1) is 0 Å². The first-order chi connectivity index (χ1) is 18.1. The smallest absolute Gasteiger partial charge is 0.257 e. The second kappa shape index (κ2) is 9.34. The molecule has 0 aliphatic carbocycles. The van der Waals surface area contributed by atoms with Gasteiger partial charge in [-0.1, -0.05) is 30.3 Å². The van der Waals surface area contributed by atoms with Gasteiger partial charge in [0.25, 0.3) is 5.91 Å². The van der Waals surface area contributed by atoms with Crippen molar-refractivity contribution in [1.29, 1.82) is 0 Å². The molecule has 0 spiro atoms. The van der Waals surface area contributed by atoms with Crippen LogP contribution in [0.2, 0.25) is 0 Å². The molecule has 3 heterocycles. The molecule has 9 heteroatoms. The predicted octanol–water partition coefficient (Wildman–Crippen LogP) is 3.92. The van der Waals surface area contributed by atoms with Crippen molar-refractivity contribution in [2.45, 2.75) is 13.0 Å². The number of anilines is 1. The average molecular weight is 496 g/mol. The Morgan fingerprint density at radius 3 is 2.51 bits per heavy atom. The Labute approximate surface area is 212 Å². The minimum absolute atomic E-state index is 0.200. The van der Waals surface area contributed by atoms with Crippen LogP contribution in [0.5, 0.6) is 17.2 Å². The van der Waals surface area contributed by atoms with Gasteiger partial charge in [-0.05, 0) is 53.9 Å². The number of nitrogen functional groups attached to an aromatic ring is 1. The molecule has 6 rings (SSSR count). The Hall–Kier alpha value is -4.79. The standard InChI is InChI=1S/C28H25N5O4/c1-35-19-9-6-17(7-10-19)12-13-30-28(34)24-25-27(32-21-5-3-2-4-20(21)31-25)33(26(24)29)15-18-8-11-22-23(14-18)37-16-36-22/h2-11,14H,12-13,15-16,29H2,1H3,(H,30,34). The summed E-state index contributed by atoms with van der Waals surface area (Å²) >= 11 is 0. The van der Waals surface area contributed by atoms with E-state index in [0.29, 0.717) is 59.1 Å². The number of amides is 1. The SMILES string of the molecule is COc1ccc(CCNC(=O)c2c(N)n(Cc3ccc4c(c3)OCO4)c3nc4ccccc4nc23)cc1. The maximum absolute atomic E-state index is 13.4. The predicted molar refractivity (Wildman–Crippen MR) is 140 cm³/mol. The number of methoxy groups -OCH3 is 1. The van der Waals surface area contributed by atoms with E-state index in [2.05, 4.69) is 5.32 Å². The normalized spacial score (nSPS) is 12.2. The Kier molecular flexibility index (Phi) is 5.72. The topological polar surface area (TPSA) is 114 Å². The van der Waals surface area contributed by atoms with Crippen LogP contribution >= 0.6 is 0 Å². The minimum Gasteiger partial charge on any atom is -0.497 e. The van der Waals surface area contributed by atoms with E-state index in [9.17, 15) is 4.79 Å². The molecule has 1 aliphatic rings. The molecule has 3 N–H and O–H groups in total. The van der Waals surface area contributed by atoms with E-state index in [1.165, 1.54) is 0 Å². The van der Waals surface area contributed by atoms with Crippen LogP contribution in [-0.2, 0) is 13.0 Å². The first-order valence-corrected chi connectivity index (χ1v) is 11.9. The molecule has 1 amide bonds. The van der Waals surface area contributed by atoms with Crippen LogP contribution in [-0.4, -0.2) is 40.9 Å². The van der Waals surface area contributed by atoms with E-state index in [4.69, 9.17) is 29.9 Å². The number of carbonyl (C=O) groups excluding carboxylic acids is 1. The number of carbonyl (C=O) groups is 1. The van der Waals surface area contributed by atoms with Crippen molar-refractivity contribution in [3.8, 4) is 17.2 Å². The molecule has 2 aromatic heterocycles. The lowest BCUT2D eigenvalue weighted by Gasteiger charge is -2.09. The summed E-state index contributed by atoms with van der Waals surface area (Å²) in [4.78, 5) is 23.0. The third-order valence-corrected chi connectivity index (χ3v) is 6.45. The quantitative estimate of drug-likeness (QED) is 0.352. The van der Waals surface area contributed by atoms with Gasteiger partial charge in [0.1, 0.15) is 22.6 Å². The van der Waals surface area contributed by atoms with Crippen LogP contribution < -0.4 is 25.3 Å². The van der Waals surface area contributed by atoms with Gasteiger partial charge in [0.15, 0.2) is 17.1 Å². The molecule has 0 atom stereocenters. The lowest BCUT2D eigenvalue weighted by atomic mass is 10.1. The summed E-state index contributed by atoms with van der Waals surface area (Å²) in [5, 5.41) is 3.00. The maximum Gasteiger partial charge on any atom is 0.257 e. The highest BCUT2D eigenvalue weighted by Gasteiger charge is 2.24. The van der Waals surface area contributed by atoms with Crippen molar-refractivity contribution in [3.05, 3.63) is 83.4 Å². The fourth-order valence-electron chi connectivity index (χ4n) is 4.52.